The van der Waals surface area contributed by atoms with E-state index in [1.54, 1.807) is 0 Å². The highest BCUT2D eigenvalue weighted by Crippen LogP contribution is 2.35. The van der Waals surface area contributed by atoms with Crippen molar-refractivity contribution in [3.05, 3.63) is 20.2 Å². The number of hydrogen-bond donors (Lipinski definition) is 1. The molecule has 0 radical (unpaired) electrons. The first-order valence-electron chi connectivity index (χ1n) is 6.74. The van der Waals surface area contributed by atoms with E-state index in [1.165, 1.54) is 11.3 Å². The molecule has 0 aliphatic carbocycles. The van der Waals surface area contributed by atoms with Crippen LogP contribution in [0.1, 0.15) is 49.2 Å². The highest BCUT2D eigenvalue weighted by Gasteiger charge is 2.37. The molecule has 6 heteroatoms. The SMILES string of the molecule is CCCC(c1sc(=O)[nH]c1C)N1CCC(F)(F)CC1. The molecule has 0 saturated carbocycles. The monoisotopic (exact) mass is 290 g/mol. The molecule has 1 aliphatic rings. The molecule has 1 saturated heterocycles. The summed E-state index contributed by atoms with van der Waals surface area (Å²) in [4.78, 5) is 17.3. The zero-order valence-corrected chi connectivity index (χ0v) is 12.2. The Morgan fingerprint density at radius 3 is 2.53 bits per heavy atom. The van der Waals surface area contributed by atoms with E-state index < -0.39 is 5.92 Å². The summed E-state index contributed by atoms with van der Waals surface area (Å²) in [6.07, 6.45) is 1.72. The Morgan fingerprint density at radius 2 is 2.05 bits per heavy atom. The van der Waals surface area contributed by atoms with Gasteiger partial charge >= 0.3 is 4.87 Å². The number of likely N-dealkylation sites (tertiary alicyclic amines) is 1. The highest BCUT2D eigenvalue weighted by molar-refractivity contribution is 7.09. The van der Waals surface area contributed by atoms with Crippen LogP contribution in [0.25, 0.3) is 0 Å². The molecule has 1 fully saturated rings. The average Bonchev–Trinajstić information content (AvgIpc) is 2.66. The molecule has 1 aromatic heterocycles. The summed E-state index contributed by atoms with van der Waals surface area (Å²) in [5, 5.41) is 0. The Morgan fingerprint density at radius 1 is 1.42 bits per heavy atom. The summed E-state index contributed by atoms with van der Waals surface area (Å²) in [5.41, 5.74) is 0.880. The van der Waals surface area contributed by atoms with Crippen molar-refractivity contribution in [3.8, 4) is 0 Å². The second-order valence-corrected chi connectivity index (χ2v) is 6.21. The van der Waals surface area contributed by atoms with Crippen molar-refractivity contribution in [1.82, 2.24) is 9.88 Å². The summed E-state index contributed by atoms with van der Waals surface area (Å²) in [6.45, 7) is 4.77. The number of aromatic amines is 1. The number of H-pyrrole nitrogens is 1. The second kappa shape index (κ2) is 5.71. The Balaban J connectivity index is 2.17. The first-order valence-corrected chi connectivity index (χ1v) is 7.56. The third-order valence-electron chi connectivity index (χ3n) is 3.70. The normalized spacial score (nSPS) is 21.5. The maximum Gasteiger partial charge on any atom is 0.304 e. The number of hydrogen-bond acceptors (Lipinski definition) is 3. The van der Waals surface area contributed by atoms with E-state index in [0.717, 1.165) is 23.4 Å². The lowest BCUT2D eigenvalue weighted by molar-refractivity contribution is -0.0638. The molecule has 1 unspecified atom stereocenters. The first-order chi connectivity index (χ1) is 8.93. The standard InChI is InChI=1S/C13H20F2N2OS/c1-3-4-10(11-9(2)16-12(18)19-11)17-7-5-13(14,15)6-8-17/h10H,3-8H2,1-2H3,(H,16,18). The molecule has 0 bridgehead atoms. The first kappa shape index (κ1) is 14.7. The van der Waals surface area contributed by atoms with Gasteiger partial charge in [0.05, 0.1) is 0 Å². The van der Waals surface area contributed by atoms with Gasteiger partial charge in [0.15, 0.2) is 0 Å². The Hall–Kier alpha value is -0.750. The maximum atomic E-state index is 13.2. The van der Waals surface area contributed by atoms with Gasteiger partial charge < -0.3 is 4.98 Å². The van der Waals surface area contributed by atoms with Crippen molar-refractivity contribution in [2.45, 2.75) is 51.5 Å². The number of aromatic nitrogens is 1. The quantitative estimate of drug-likeness (QED) is 0.923. The van der Waals surface area contributed by atoms with Crippen LogP contribution >= 0.6 is 11.3 Å². The fourth-order valence-corrected chi connectivity index (χ4v) is 3.66. The minimum atomic E-state index is -2.52. The lowest BCUT2D eigenvalue weighted by atomic mass is 10.0. The van der Waals surface area contributed by atoms with E-state index in [4.69, 9.17) is 0 Å². The van der Waals surface area contributed by atoms with Crippen molar-refractivity contribution in [1.29, 1.82) is 0 Å². The molecule has 0 spiro atoms. The molecule has 108 valence electrons. The van der Waals surface area contributed by atoms with Crippen LogP contribution < -0.4 is 4.87 Å². The van der Waals surface area contributed by atoms with Gasteiger partial charge in [-0.3, -0.25) is 9.69 Å². The number of aryl methyl sites for hydroxylation is 1. The molecule has 2 rings (SSSR count). The molecule has 1 aliphatic heterocycles. The number of halogens is 2. The van der Waals surface area contributed by atoms with Crippen LogP contribution in [0.2, 0.25) is 0 Å². The molecule has 0 amide bonds. The largest absolute Gasteiger partial charge is 0.317 e. The van der Waals surface area contributed by atoms with Gasteiger partial charge in [-0.05, 0) is 13.3 Å². The number of nitrogens with zero attached hydrogens (tertiary/aromatic N) is 1. The van der Waals surface area contributed by atoms with E-state index in [1.807, 2.05) is 6.92 Å². The van der Waals surface area contributed by atoms with Crippen molar-refractivity contribution in [2.75, 3.05) is 13.1 Å². The van der Waals surface area contributed by atoms with Crippen LogP contribution in [-0.4, -0.2) is 28.9 Å². The van der Waals surface area contributed by atoms with E-state index >= 15 is 0 Å². The molecule has 1 N–H and O–H groups in total. The topological polar surface area (TPSA) is 36.1 Å². The number of piperidine rings is 1. The van der Waals surface area contributed by atoms with Crippen molar-refractivity contribution in [3.63, 3.8) is 0 Å². The molecule has 19 heavy (non-hydrogen) atoms. The van der Waals surface area contributed by atoms with Crippen LogP contribution in [0.15, 0.2) is 4.79 Å². The van der Waals surface area contributed by atoms with E-state index in [0.29, 0.717) is 13.1 Å². The fraction of sp³-hybridized carbons (Fsp3) is 0.769. The molecule has 2 heterocycles. The fourth-order valence-electron chi connectivity index (χ4n) is 2.65. The molecule has 1 atom stereocenters. The smallest absolute Gasteiger partial charge is 0.304 e. The Labute approximate surface area is 115 Å². The van der Waals surface area contributed by atoms with Crippen molar-refractivity contribution in [2.24, 2.45) is 0 Å². The van der Waals surface area contributed by atoms with Gasteiger partial charge in [0.2, 0.25) is 0 Å². The maximum absolute atomic E-state index is 13.2. The number of rotatable bonds is 4. The summed E-state index contributed by atoms with van der Waals surface area (Å²) in [7, 11) is 0. The number of nitrogens with one attached hydrogen (secondary N) is 1. The van der Waals surface area contributed by atoms with Crippen LogP contribution in [0, 0.1) is 6.92 Å². The summed E-state index contributed by atoms with van der Waals surface area (Å²) in [6, 6.07) is 0.102. The van der Waals surface area contributed by atoms with Crippen LogP contribution in [0.4, 0.5) is 8.78 Å². The van der Waals surface area contributed by atoms with Gasteiger partial charge in [-0.25, -0.2) is 8.78 Å². The van der Waals surface area contributed by atoms with Gasteiger partial charge in [-0.15, -0.1) is 0 Å². The van der Waals surface area contributed by atoms with Crippen molar-refractivity contribution < 1.29 is 8.78 Å². The van der Waals surface area contributed by atoms with Gasteiger partial charge in [-0.1, -0.05) is 24.7 Å². The minimum Gasteiger partial charge on any atom is -0.317 e. The summed E-state index contributed by atoms with van der Waals surface area (Å²) < 4.78 is 26.5. The third kappa shape index (κ3) is 3.42. The third-order valence-corrected chi connectivity index (χ3v) is 4.78. The van der Waals surface area contributed by atoms with Gasteiger partial charge in [0.25, 0.3) is 5.92 Å². The van der Waals surface area contributed by atoms with E-state index in [9.17, 15) is 13.6 Å². The average molecular weight is 290 g/mol. The molecule has 1 aromatic rings. The van der Waals surface area contributed by atoms with Gasteiger partial charge in [0, 0.05) is 42.5 Å². The van der Waals surface area contributed by atoms with Crippen LogP contribution in [0.3, 0.4) is 0 Å². The highest BCUT2D eigenvalue weighted by atomic mass is 32.1. The lowest BCUT2D eigenvalue weighted by Gasteiger charge is -2.37. The van der Waals surface area contributed by atoms with Crippen molar-refractivity contribution >= 4 is 11.3 Å². The molecule has 3 nitrogen and oxygen atoms in total. The van der Waals surface area contributed by atoms with E-state index in [2.05, 4.69) is 16.8 Å². The lowest BCUT2D eigenvalue weighted by Crippen LogP contribution is -2.41. The molecule has 0 aromatic carbocycles. The Kier molecular flexibility index (Phi) is 4.40. The zero-order chi connectivity index (χ0) is 14.0. The minimum absolute atomic E-state index is 0.0593. The molecular weight excluding hydrogens is 270 g/mol. The van der Waals surface area contributed by atoms with Crippen LogP contribution in [-0.2, 0) is 0 Å². The second-order valence-electron chi connectivity index (χ2n) is 5.20. The predicted octanol–water partition coefficient (Wildman–Crippen LogP) is 3.32. The van der Waals surface area contributed by atoms with Crippen LogP contribution in [0.5, 0.6) is 0 Å². The molecular formula is C13H20F2N2OS. The van der Waals surface area contributed by atoms with Gasteiger partial charge in [-0.2, -0.15) is 0 Å². The predicted molar refractivity (Wildman–Crippen MR) is 73.1 cm³/mol. The summed E-state index contributed by atoms with van der Waals surface area (Å²) in [5.74, 6) is -2.52. The van der Waals surface area contributed by atoms with Gasteiger partial charge in [0.1, 0.15) is 0 Å². The number of alkyl halides is 2. The number of thiazole rings is 1. The zero-order valence-electron chi connectivity index (χ0n) is 11.3. The van der Waals surface area contributed by atoms with E-state index in [-0.39, 0.29) is 23.8 Å². The summed E-state index contributed by atoms with van der Waals surface area (Å²) >= 11 is 1.22. The Bertz CT molecular complexity index is 473.